The lowest BCUT2D eigenvalue weighted by Crippen LogP contribution is -2.09. The fourth-order valence-corrected chi connectivity index (χ4v) is 2.06. The summed E-state index contributed by atoms with van der Waals surface area (Å²) >= 11 is 1.60. The minimum Gasteiger partial charge on any atom is -0.386 e. The molecule has 2 atom stereocenters. The Morgan fingerprint density at radius 2 is 2.31 bits per heavy atom. The number of aryl methyl sites for hydroxylation is 1. The molecular formula is C10H17NOS. The van der Waals surface area contributed by atoms with E-state index in [0.29, 0.717) is 5.92 Å². The predicted molar refractivity (Wildman–Crippen MR) is 55.9 cm³/mol. The number of hydrogen-bond donors (Lipinski definition) is 1. The van der Waals surface area contributed by atoms with Crippen LogP contribution in [0.15, 0.2) is 5.38 Å². The van der Waals surface area contributed by atoms with E-state index in [1.807, 2.05) is 12.3 Å². The lowest BCUT2D eigenvalue weighted by atomic mass is 9.98. The van der Waals surface area contributed by atoms with Crippen LogP contribution in [0.4, 0.5) is 0 Å². The van der Waals surface area contributed by atoms with Crippen LogP contribution in [0.3, 0.4) is 0 Å². The van der Waals surface area contributed by atoms with Crippen molar-refractivity contribution < 1.29 is 5.11 Å². The largest absolute Gasteiger partial charge is 0.386 e. The quantitative estimate of drug-likeness (QED) is 0.808. The molecule has 0 spiro atoms. The Hall–Kier alpha value is -0.410. The molecule has 1 aromatic rings. The van der Waals surface area contributed by atoms with Gasteiger partial charge in [0, 0.05) is 5.38 Å². The Morgan fingerprint density at radius 1 is 1.62 bits per heavy atom. The Bertz CT molecular complexity index is 259. The standard InChI is InChI=1S/C10H17NOS/c1-4-5-7(2)10(12)9-6-13-8(3)11-9/h6-7,10,12H,4-5H2,1-3H3. The molecule has 13 heavy (non-hydrogen) atoms. The summed E-state index contributed by atoms with van der Waals surface area (Å²) in [5.74, 6) is 0.312. The summed E-state index contributed by atoms with van der Waals surface area (Å²) < 4.78 is 0. The highest BCUT2D eigenvalue weighted by Crippen LogP contribution is 2.25. The fraction of sp³-hybridized carbons (Fsp3) is 0.700. The van der Waals surface area contributed by atoms with Gasteiger partial charge in [-0.3, -0.25) is 0 Å². The van der Waals surface area contributed by atoms with Gasteiger partial charge in [0.1, 0.15) is 0 Å². The first-order chi connectivity index (χ1) is 6.15. The van der Waals surface area contributed by atoms with Crippen LogP contribution >= 0.6 is 11.3 Å². The van der Waals surface area contributed by atoms with Gasteiger partial charge in [0.2, 0.25) is 0 Å². The van der Waals surface area contributed by atoms with Crippen molar-refractivity contribution in [2.45, 2.75) is 39.7 Å². The molecule has 1 heterocycles. The van der Waals surface area contributed by atoms with E-state index in [0.717, 1.165) is 23.5 Å². The van der Waals surface area contributed by atoms with Gasteiger partial charge >= 0.3 is 0 Å². The third kappa shape index (κ3) is 2.78. The molecule has 1 aromatic heterocycles. The van der Waals surface area contributed by atoms with Crippen molar-refractivity contribution in [1.82, 2.24) is 4.98 Å². The Labute approximate surface area is 83.6 Å². The van der Waals surface area contributed by atoms with Gasteiger partial charge in [0.25, 0.3) is 0 Å². The third-order valence-corrected chi connectivity index (χ3v) is 3.01. The molecule has 0 aliphatic heterocycles. The van der Waals surface area contributed by atoms with Crippen molar-refractivity contribution in [3.8, 4) is 0 Å². The Kier molecular flexibility index (Phi) is 3.88. The van der Waals surface area contributed by atoms with Crippen molar-refractivity contribution in [2.24, 2.45) is 5.92 Å². The molecule has 0 aromatic carbocycles. The van der Waals surface area contributed by atoms with Gasteiger partial charge in [0.15, 0.2) is 0 Å². The number of nitrogens with zero attached hydrogens (tertiary/aromatic N) is 1. The summed E-state index contributed by atoms with van der Waals surface area (Å²) in [4.78, 5) is 4.28. The number of hydrogen-bond acceptors (Lipinski definition) is 3. The van der Waals surface area contributed by atoms with Crippen molar-refractivity contribution in [3.63, 3.8) is 0 Å². The lowest BCUT2D eigenvalue weighted by Gasteiger charge is -2.15. The lowest BCUT2D eigenvalue weighted by molar-refractivity contribution is 0.108. The van der Waals surface area contributed by atoms with Crippen LogP contribution in [0.2, 0.25) is 0 Å². The van der Waals surface area contributed by atoms with E-state index in [4.69, 9.17) is 0 Å². The van der Waals surface area contributed by atoms with Crippen molar-refractivity contribution in [3.05, 3.63) is 16.1 Å². The van der Waals surface area contributed by atoms with Crippen LogP contribution in [-0.2, 0) is 0 Å². The Balaban J connectivity index is 2.61. The minimum absolute atomic E-state index is 0.312. The molecule has 0 aliphatic carbocycles. The average molecular weight is 199 g/mol. The molecule has 0 amide bonds. The van der Waals surface area contributed by atoms with Gasteiger partial charge in [0.05, 0.1) is 16.8 Å². The molecule has 74 valence electrons. The first-order valence-corrected chi connectivity index (χ1v) is 5.63. The summed E-state index contributed by atoms with van der Waals surface area (Å²) in [6, 6.07) is 0. The molecule has 0 fully saturated rings. The SMILES string of the molecule is CCCC(C)C(O)c1csc(C)n1. The summed E-state index contributed by atoms with van der Waals surface area (Å²) in [7, 11) is 0. The zero-order valence-corrected chi connectivity index (χ0v) is 9.27. The van der Waals surface area contributed by atoms with E-state index < -0.39 is 0 Å². The fourth-order valence-electron chi connectivity index (χ4n) is 1.42. The number of aliphatic hydroxyl groups excluding tert-OH is 1. The second kappa shape index (κ2) is 4.72. The van der Waals surface area contributed by atoms with E-state index in [1.165, 1.54) is 0 Å². The average Bonchev–Trinajstić information content (AvgIpc) is 2.51. The summed E-state index contributed by atoms with van der Waals surface area (Å²) in [5.41, 5.74) is 0.837. The summed E-state index contributed by atoms with van der Waals surface area (Å²) in [5, 5.41) is 12.9. The molecule has 2 unspecified atom stereocenters. The van der Waals surface area contributed by atoms with Crippen LogP contribution < -0.4 is 0 Å². The third-order valence-electron chi connectivity index (χ3n) is 2.22. The van der Waals surface area contributed by atoms with Crippen molar-refractivity contribution >= 4 is 11.3 Å². The van der Waals surface area contributed by atoms with Crippen LogP contribution in [-0.4, -0.2) is 10.1 Å². The number of aromatic nitrogens is 1. The molecule has 3 heteroatoms. The molecular weight excluding hydrogens is 182 g/mol. The van der Waals surface area contributed by atoms with Crippen LogP contribution in [0.1, 0.15) is 43.5 Å². The molecule has 1 rings (SSSR count). The van der Waals surface area contributed by atoms with E-state index in [-0.39, 0.29) is 6.10 Å². The van der Waals surface area contributed by atoms with E-state index in [1.54, 1.807) is 11.3 Å². The van der Waals surface area contributed by atoms with Gasteiger partial charge in [-0.15, -0.1) is 11.3 Å². The molecule has 2 nitrogen and oxygen atoms in total. The topological polar surface area (TPSA) is 33.1 Å². The molecule has 0 saturated carbocycles. The van der Waals surface area contributed by atoms with Gasteiger partial charge in [-0.2, -0.15) is 0 Å². The van der Waals surface area contributed by atoms with Gasteiger partial charge in [-0.1, -0.05) is 20.3 Å². The smallest absolute Gasteiger partial charge is 0.0993 e. The van der Waals surface area contributed by atoms with Gasteiger partial charge in [-0.05, 0) is 19.3 Å². The summed E-state index contributed by atoms with van der Waals surface area (Å²) in [6.07, 6.45) is 1.78. The van der Waals surface area contributed by atoms with Crippen molar-refractivity contribution in [1.29, 1.82) is 0 Å². The van der Waals surface area contributed by atoms with E-state index in [2.05, 4.69) is 18.8 Å². The molecule has 1 N–H and O–H groups in total. The van der Waals surface area contributed by atoms with Crippen molar-refractivity contribution in [2.75, 3.05) is 0 Å². The van der Waals surface area contributed by atoms with E-state index in [9.17, 15) is 5.11 Å². The molecule has 0 bridgehead atoms. The molecule has 0 saturated heterocycles. The van der Waals surface area contributed by atoms with Crippen LogP contribution in [0, 0.1) is 12.8 Å². The van der Waals surface area contributed by atoms with Crippen LogP contribution in [0.25, 0.3) is 0 Å². The highest BCUT2D eigenvalue weighted by atomic mass is 32.1. The number of aliphatic hydroxyl groups is 1. The molecule has 0 radical (unpaired) electrons. The maximum absolute atomic E-state index is 9.88. The minimum atomic E-state index is -0.384. The first kappa shape index (κ1) is 10.7. The number of thiazole rings is 1. The zero-order valence-electron chi connectivity index (χ0n) is 8.45. The monoisotopic (exact) mass is 199 g/mol. The maximum atomic E-state index is 9.88. The number of rotatable bonds is 4. The normalized spacial score (nSPS) is 15.7. The second-order valence-electron chi connectivity index (χ2n) is 3.50. The zero-order chi connectivity index (χ0) is 9.84. The summed E-state index contributed by atoms with van der Waals surface area (Å²) in [6.45, 7) is 6.17. The van der Waals surface area contributed by atoms with E-state index >= 15 is 0 Å². The first-order valence-electron chi connectivity index (χ1n) is 4.75. The van der Waals surface area contributed by atoms with Crippen LogP contribution in [0.5, 0.6) is 0 Å². The van der Waals surface area contributed by atoms with Gasteiger partial charge in [-0.25, -0.2) is 4.98 Å². The highest BCUT2D eigenvalue weighted by Gasteiger charge is 2.17. The highest BCUT2D eigenvalue weighted by molar-refractivity contribution is 7.09. The second-order valence-corrected chi connectivity index (χ2v) is 4.56. The maximum Gasteiger partial charge on any atom is 0.0993 e. The predicted octanol–water partition coefficient (Wildman–Crippen LogP) is 2.92. The van der Waals surface area contributed by atoms with Gasteiger partial charge < -0.3 is 5.11 Å². The molecule has 0 aliphatic rings. The Morgan fingerprint density at radius 3 is 2.77 bits per heavy atom.